The molecule has 1 aromatic heterocycles. The van der Waals surface area contributed by atoms with Crippen molar-refractivity contribution in [3.05, 3.63) is 53.2 Å². The summed E-state index contributed by atoms with van der Waals surface area (Å²) in [5.41, 5.74) is 9.70. The monoisotopic (exact) mass is 699 g/mol. The molecule has 1 amide bonds. The number of piperidine rings is 1. The zero-order chi connectivity index (χ0) is 34.6. The zero-order valence-corrected chi connectivity index (χ0v) is 29.8. The van der Waals surface area contributed by atoms with E-state index in [1.165, 1.54) is 17.5 Å². The van der Waals surface area contributed by atoms with Gasteiger partial charge < -0.3 is 30.9 Å². The standard InChI is InChI=1S/C33H46ClN9O4S/c1-22-18-27(38-33-36-20-25(34)31(39-33)37-26-8-6-7-9-28(26)40(3)48(5,45)46)30(47-4)19-29(22)42-12-10-24(11-13-42)21-41-14-16-43(17-15-41)32(44)23(2)35/h6-9,18-20,23-24H,10-17,21,35H2,1-5H3,(H2,36,37,38,39). The number of ether oxygens (including phenoxy) is 1. The number of methoxy groups -OCH3 is 1. The Morgan fingerprint density at radius 1 is 1.10 bits per heavy atom. The van der Waals surface area contributed by atoms with E-state index in [2.05, 4.69) is 43.4 Å². The van der Waals surface area contributed by atoms with Crippen LogP contribution in [0.3, 0.4) is 0 Å². The average molecular weight is 700 g/mol. The fourth-order valence-electron chi connectivity index (χ4n) is 6.24. The molecule has 13 nitrogen and oxygen atoms in total. The molecular formula is C33H46ClN9O4S. The van der Waals surface area contributed by atoms with E-state index < -0.39 is 16.1 Å². The van der Waals surface area contributed by atoms with Crippen LogP contribution in [-0.4, -0.2) is 106 Å². The number of halogens is 1. The van der Waals surface area contributed by atoms with Gasteiger partial charge in [-0.05, 0) is 56.4 Å². The number of carbonyl (C=O) groups excluding carboxylic acids is 1. The van der Waals surface area contributed by atoms with Gasteiger partial charge in [-0.1, -0.05) is 23.7 Å². The summed E-state index contributed by atoms with van der Waals surface area (Å²) in [4.78, 5) is 28.0. The van der Waals surface area contributed by atoms with Crippen molar-refractivity contribution in [1.29, 1.82) is 0 Å². The predicted octanol–water partition coefficient (Wildman–Crippen LogP) is 4.04. The summed E-state index contributed by atoms with van der Waals surface area (Å²) in [6, 6.07) is 10.7. The van der Waals surface area contributed by atoms with Gasteiger partial charge in [-0.2, -0.15) is 4.98 Å². The van der Waals surface area contributed by atoms with Crippen LogP contribution in [0.15, 0.2) is 42.6 Å². The highest BCUT2D eigenvalue weighted by molar-refractivity contribution is 7.92. The molecule has 1 atom stereocenters. The second-order valence-corrected chi connectivity index (χ2v) is 15.0. The molecule has 2 fully saturated rings. The number of nitrogens with one attached hydrogen (secondary N) is 2. The quantitative estimate of drug-likeness (QED) is 0.266. The molecule has 0 bridgehead atoms. The maximum atomic E-state index is 12.2. The summed E-state index contributed by atoms with van der Waals surface area (Å²) in [7, 11) is -0.360. The van der Waals surface area contributed by atoms with Crippen molar-refractivity contribution in [1.82, 2.24) is 19.8 Å². The zero-order valence-electron chi connectivity index (χ0n) is 28.2. The van der Waals surface area contributed by atoms with E-state index in [0.717, 1.165) is 76.2 Å². The minimum atomic E-state index is -3.49. The third kappa shape index (κ3) is 8.41. The first-order chi connectivity index (χ1) is 22.8. The molecule has 2 aliphatic heterocycles. The lowest BCUT2D eigenvalue weighted by atomic mass is 9.95. The number of rotatable bonds is 11. The number of hydrogen-bond acceptors (Lipinski definition) is 11. The topological polar surface area (TPSA) is 149 Å². The molecule has 2 aromatic carbocycles. The van der Waals surface area contributed by atoms with Crippen molar-refractivity contribution in [2.75, 3.05) is 86.1 Å². The molecule has 0 aliphatic carbocycles. The predicted molar refractivity (Wildman–Crippen MR) is 193 cm³/mol. The van der Waals surface area contributed by atoms with E-state index >= 15 is 0 Å². The molecule has 260 valence electrons. The highest BCUT2D eigenvalue weighted by Crippen LogP contribution is 2.37. The minimum Gasteiger partial charge on any atom is -0.494 e. The molecule has 5 rings (SSSR count). The first-order valence-electron chi connectivity index (χ1n) is 16.1. The van der Waals surface area contributed by atoms with Crippen molar-refractivity contribution in [2.45, 2.75) is 32.7 Å². The van der Waals surface area contributed by atoms with E-state index in [-0.39, 0.29) is 10.9 Å². The largest absolute Gasteiger partial charge is 0.494 e. The summed E-state index contributed by atoms with van der Waals surface area (Å²) < 4.78 is 31.4. The lowest BCUT2D eigenvalue weighted by molar-refractivity contribution is -0.134. The van der Waals surface area contributed by atoms with Crippen molar-refractivity contribution in [3.8, 4) is 5.75 Å². The minimum absolute atomic E-state index is 0.0378. The molecule has 0 spiro atoms. The van der Waals surface area contributed by atoms with Crippen LogP contribution in [0.5, 0.6) is 5.75 Å². The first kappa shape index (κ1) is 35.5. The fourth-order valence-corrected chi connectivity index (χ4v) is 6.90. The maximum absolute atomic E-state index is 12.2. The van der Waals surface area contributed by atoms with Gasteiger partial charge in [0, 0.05) is 64.6 Å². The lowest BCUT2D eigenvalue weighted by Gasteiger charge is -2.40. The normalized spacial score (nSPS) is 16.8. The number of anilines is 6. The van der Waals surface area contributed by atoms with E-state index in [0.29, 0.717) is 40.5 Å². The van der Waals surface area contributed by atoms with Gasteiger partial charge >= 0.3 is 0 Å². The number of sulfonamides is 1. The Bertz CT molecular complexity index is 1710. The number of para-hydroxylation sites is 2. The Hall–Kier alpha value is -3.85. The van der Waals surface area contributed by atoms with Crippen LogP contribution in [-0.2, 0) is 14.8 Å². The Morgan fingerprint density at radius 2 is 1.79 bits per heavy atom. The fraction of sp³-hybridized carbons (Fsp3) is 0.485. The van der Waals surface area contributed by atoms with Crippen LogP contribution in [0.2, 0.25) is 5.02 Å². The van der Waals surface area contributed by atoms with Crippen LogP contribution in [0.1, 0.15) is 25.3 Å². The van der Waals surface area contributed by atoms with Gasteiger partial charge in [0.25, 0.3) is 0 Å². The second kappa shape index (κ2) is 15.1. The number of carbonyl (C=O) groups is 1. The number of aromatic nitrogens is 2. The Kier molecular flexibility index (Phi) is 11.2. The summed E-state index contributed by atoms with van der Waals surface area (Å²) in [5, 5.41) is 6.71. The maximum Gasteiger partial charge on any atom is 0.239 e. The third-order valence-electron chi connectivity index (χ3n) is 9.05. The molecule has 1 unspecified atom stereocenters. The van der Waals surface area contributed by atoms with Crippen LogP contribution >= 0.6 is 11.6 Å². The Labute approximate surface area is 288 Å². The first-order valence-corrected chi connectivity index (χ1v) is 18.4. The molecule has 3 aromatic rings. The number of piperazine rings is 1. The van der Waals surface area contributed by atoms with E-state index in [1.54, 1.807) is 38.3 Å². The van der Waals surface area contributed by atoms with E-state index in [4.69, 9.17) is 22.1 Å². The molecular weight excluding hydrogens is 654 g/mol. The number of aryl methyl sites for hydroxylation is 1. The summed E-state index contributed by atoms with van der Waals surface area (Å²) in [6.45, 7) is 10.1. The van der Waals surface area contributed by atoms with Crippen molar-refractivity contribution in [3.63, 3.8) is 0 Å². The molecule has 2 aliphatic rings. The van der Waals surface area contributed by atoms with E-state index in [9.17, 15) is 13.2 Å². The molecule has 4 N–H and O–H groups in total. The van der Waals surface area contributed by atoms with Gasteiger partial charge in [0.1, 0.15) is 10.8 Å². The van der Waals surface area contributed by atoms with Crippen LogP contribution in [0.4, 0.5) is 34.5 Å². The summed E-state index contributed by atoms with van der Waals surface area (Å²) >= 11 is 6.46. The van der Waals surface area contributed by atoms with Crippen molar-refractivity contribution in [2.24, 2.45) is 11.7 Å². The van der Waals surface area contributed by atoms with Gasteiger partial charge in [-0.25, -0.2) is 13.4 Å². The molecule has 2 saturated heterocycles. The van der Waals surface area contributed by atoms with Gasteiger partial charge in [0.05, 0.1) is 42.7 Å². The van der Waals surface area contributed by atoms with Gasteiger partial charge in [0.2, 0.25) is 21.9 Å². The number of nitrogens with two attached hydrogens (primary N) is 1. The molecule has 0 saturated carbocycles. The molecule has 48 heavy (non-hydrogen) atoms. The average Bonchev–Trinajstić information content (AvgIpc) is 3.06. The van der Waals surface area contributed by atoms with Crippen molar-refractivity contribution >= 4 is 62.0 Å². The van der Waals surface area contributed by atoms with Gasteiger partial charge in [0.15, 0.2) is 5.82 Å². The summed E-state index contributed by atoms with van der Waals surface area (Å²) in [5.74, 6) is 1.92. The molecule has 3 heterocycles. The van der Waals surface area contributed by atoms with Gasteiger partial charge in [-0.3, -0.25) is 14.0 Å². The van der Waals surface area contributed by atoms with Gasteiger partial charge in [-0.15, -0.1) is 0 Å². The Balaban J connectivity index is 1.23. The third-order valence-corrected chi connectivity index (χ3v) is 10.5. The number of nitrogens with zero attached hydrogens (tertiary/aromatic N) is 6. The van der Waals surface area contributed by atoms with E-state index in [1.807, 2.05) is 11.0 Å². The highest BCUT2D eigenvalue weighted by atomic mass is 35.5. The van der Waals surface area contributed by atoms with Crippen LogP contribution < -0.4 is 30.3 Å². The molecule has 15 heteroatoms. The lowest BCUT2D eigenvalue weighted by Crippen LogP contribution is -2.53. The number of benzene rings is 2. The summed E-state index contributed by atoms with van der Waals surface area (Å²) in [6.07, 6.45) is 4.82. The number of hydrogen-bond donors (Lipinski definition) is 3. The smallest absolute Gasteiger partial charge is 0.239 e. The number of amides is 1. The molecule has 0 radical (unpaired) electrons. The highest BCUT2D eigenvalue weighted by Gasteiger charge is 2.27. The Morgan fingerprint density at radius 3 is 2.44 bits per heavy atom. The SMILES string of the molecule is COc1cc(N2CCC(CN3CCN(C(=O)C(C)N)CC3)CC2)c(C)cc1Nc1ncc(Cl)c(Nc2ccccc2N(C)S(C)(=O)=O)n1. The van der Waals surface area contributed by atoms with Crippen molar-refractivity contribution < 1.29 is 17.9 Å². The second-order valence-electron chi connectivity index (χ2n) is 12.6. The van der Waals surface area contributed by atoms with Crippen LogP contribution in [0, 0.1) is 12.8 Å². The van der Waals surface area contributed by atoms with Crippen LogP contribution in [0.25, 0.3) is 0 Å².